The lowest BCUT2D eigenvalue weighted by atomic mass is 9.71. The minimum atomic E-state index is -1.23. The third-order valence-electron chi connectivity index (χ3n) is 8.40. The number of pyridine rings is 1. The van der Waals surface area contributed by atoms with Gasteiger partial charge in [-0.25, -0.2) is 0 Å². The molecular formula is C30H45NO6. The molecule has 2 fully saturated rings. The van der Waals surface area contributed by atoms with Crippen molar-refractivity contribution in [2.75, 3.05) is 0 Å². The van der Waals surface area contributed by atoms with Gasteiger partial charge in [-0.1, -0.05) is 46.6 Å². The first kappa shape index (κ1) is 29.5. The van der Waals surface area contributed by atoms with Crippen molar-refractivity contribution in [2.24, 2.45) is 17.3 Å². The number of hydrogen-bond donors (Lipinski definition) is 2. The van der Waals surface area contributed by atoms with E-state index in [1.54, 1.807) is 20.0 Å². The summed E-state index contributed by atoms with van der Waals surface area (Å²) in [5, 5.41) is 22.2. The molecule has 0 aromatic carbocycles. The number of epoxide rings is 1. The topological polar surface area (TPSA) is 109 Å². The Hall–Kier alpha value is -2.09. The summed E-state index contributed by atoms with van der Waals surface area (Å²) in [5.74, 6) is -1.43. The summed E-state index contributed by atoms with van der Waals surface area (Å²) in [5.41, 5.74) is 0.0977. The van der Waals surface area contributed by atoms with Gasteiger partial charge in [0, 0.05) is 18.5 Å². The summed E-state index contributed by atoms with van der Waals surface area (Å²) in [7, 11) is 0. The normalized spacial score (nSPS) is 35.9. The second kappa shape index (κ2) is 12.2. The second-order valence-electron chi connectivity index (χ2n) is 11.8. The molecule has 0 spiro atoms. The van der Waals surface area contributed by atoms with Crippen LogP contribution in [0.15, 0.2) is 30.0 Å². The van der Waals surface area contributed by atoms with Crippen LogP contribution >= 0.6 is 0 Å². The van der Waals surface area contributed by atoms with Crippen molar-refractivity contribution in [1.29, 1.82) is 0 Å². The molecule has 0 bridgehead atoms. The fraction of sp³-hybridized carbons (Fsp3) is 0.700. The average molecular weight is 516 g/mol. The van der Waals surface area contributed by atoms with Gasteiger partial charge in [-0.2, -0.15) is 0 Å². The predicted octanol–water partition coefficient (Wildman–Crippen LogP) is 4.89. The number of aliphatic hydroxyl groups is 2. The summed E-state index contributed by atoms with van der Waals surface area (Å²) in [4.78, 5) is 31.0. The van der Waals surface area contributed by atoms with Crippen molar-refractivity contribution < 1.29 is 29.3 Å². The Bertz CT molecular complexity index is 960. The van der Waals surface area contributed by atoms with Gasteiger partial charge in [0.25, 0.3) is 0 Å². The Morgan fingerprint density at radius 3 is 2.59 bits per heavy atom. The molecule has 3 rings (SSSR count). The van der Waals surface area contributed by atoms with E-state index in [1.165, 1.54) is 0 Å². The van der Waals surface area contributed by atoms with E-state index in [0.29, 0.717) is 12.8 Å². The van der Waals surface area contributed by atoms with Crippen molar-refractivity contribution in [3.05, 3.63) is 35.7 Å². The van der Waals surface area contributed by atoms with Gasteiger partial charge < -0.3 is 19.7 Å². The van der Waals surface area contributed by atoms with E-state index in [4.69, 9.17) is 9.47 Å². The molecule has 2 aliphatic heterocycles. The molecule has 206 valence electrons. The largest absolute Gasteiger partial charge is 0.458 e. The van der Waals surface area contributed by atoms with Crippen molar-refractivity contribution in [3.63, 3.8) is 0 Å². The minimum absolute atomic E-state index is 0.0544. The van der Waals surface area contributed by atoms with Crippen LogP contribution in [0.3, 0.4) is 0 Å². The fourth-order valence-corrected chi connectivity index (χ4v) is 5.49. The number of aromatic nitrogens is 1. The number of ether oxygens (including phenoxy) is 2. The van der Waals surface area contributed by atoms with Crippen LogP contribution in [-0.4, -0.2) is 57.0 Å². The molecule has 0 aliphatic carbocycles. The highest BCUT2D eigenvalue weighted by molar-refractivity contribution is 5.88. The van der Waals surface area contributed by atoms with Crippen LogP contribution in [-0.2, 0) is 19.1 Å². The SMILES string of the molecule is CCC[C@H]1C(=O)C(C)(C)[C@@H](O)CC(=O)O[C@H](/C(C)=C/c2ccccn2)C[C@@H]2O[C@]2(C)CCC[C@H](C)[C@@H]1O. The lowest BCUT2D eigenvalue weighted by Gasteiger charge is -2.36. The maximum absolute atomic E-state index is 13.6. The van der Waals surface area contributed by atoms with Gasteiger partial charge in [-0.3, -0.25) is 14.6 Å². The van der Waals surface area contributed by atoms with E-state index in [0.717, 1.165) is 37.0 Å². The number of fused-ring (bicyclic) bond motifs is 1. The van der Waals surface area contributed by atoms with Crippen molar-refractivity contribution >= 4 is 17.8 Å². The quantitative estimate of drug-likeness (QED) is 0.434. The summed E-state index contributed by atoms with van der Waals surface area (Å²) < 4.78 is 12.0. The number of carbonyl (C=O) groups excluding carboxylic acids is 2. The van der Waals surface area contributed by atoms with E-state index in [-0.39, 0.29) is 29.8 Å². The number of hydrogen-bond acceptors (Lipinski definition) is 7. The zero-order chi connectivity index (χ0) is 27.4. The number of rotatable bonds is 4. The molecule has 0 saturated carbocycles. The van der Waals surface area contributed by atoms with Gasteiger partial charge in [0.15, 0.2) is 0 Å². The Labute approximate surface area is 221 Å². The molecule has 7 atom stereocenters. The smallest absolute Gasteiger partial charge is 0.309 e. The van der Waals surface area contributed by atoms with E-state index >= 15 is 0 Å². The van der Waals surface area contributed by atoms with E-state index < -0.39 is 35.6 Å². The third-order valence-corrected chi connectivity index (χ3v) is 8.40. The summed E-state index contributed by atoms with van der Waals surface area (Å²) in [6.45, 7) is 11.3. The molecule has 0 unspecified atom stereocenters. The Morgan fingerprint density at radius 2 is 1.95 bits per heavy atom. The molecule has 7 heteroatoms. The number of nitrogens with zero attached hydrogens (tertiary/aromatic N) is 1. The third kappa shape index (κ3) is 7.27. The summed E-state index contributed by atoms with van der Waals surface area (Å²) in [6, 6.07) is 5.63. The summed E-state index contributed by atoms with van der Waals surface area (Å²) >= 11 is 0. The summed E-state index contributed by atoms with van der Waals surface area (Å²) in [6.07, 6.45) is 4.94. The molecule has 1 aromatic rings. The second-order valence-corrected chi connectivity index (χ2v) is 11.8. The molecule has 1 aromatic heterocycles. The van der Waals surface area contributed by atoms with E-state index in [9.17, 15) is 19.8 Å². The first-order valence-electron chi connectivity index (χ1n) is 13.8. The molecule has 3 heterocycles. The number of Topliss-reactive ketones (excluding diaryl/α,β-unsaturated/α-hetero) is 1. The van der Waals surface area contributed by atoms with Crippen LogP contribution in [0.5, 0.6) is 0 Å². The predicted molar refractivity (Wildman–Crippen MR) is 142 cm³/mol. The van der Waals surface area contributed by atoms with E-state index in [2.05, 4.69) is 11.9 Å². The first-order valence-corrected chi connectivity index (χ1v) is 13.8. The molecule has 0 amide bonds. The van der Waals surface area contributed by atoms with Gasteiger partial charge in [0.2, 0.25) is 0 Å². The van der Waals surface area contributed by atoms with Crippen LogP contribution in [0.25, 0.3) is 6.08 Å². The Kier molecular flexibility index (Phi) is 9.70. The average Bonchev–Trinajstić information content (AvgIpc) is 3.49. The maximum Gasteiger partial charge on any atom is 0.309 e. The highest BCUT2D eigenvalue weighted by atomic mass is 16.6. The molecule has 2 N–H and O–H groups in total. The minimum Gasteiger partial charge on any atom is -0.458 e. The lowest BCUT2D eigenvalue weighted by molar-refractivity contribution is -0.154. The zero-order valence-electron chi connectivity index (χ0n) is 23.3. The Morgan fingerprint density at radius 1 is 1.22 bits per heavy atom. The molecule has 2 saturated heterocycles. The monoisotopic (exact) mass is 515 g/mol. The molecular weight excluding hydrogens is 470 g/mol. The van der Waals surface area contributed by atoms with Crippen molar-refractivity contribution in [3.8, 4) is 0 Å². The first-order chi connectivity index (χ1) is 17.4. The number of cyclic esters (lactones) is 1. The van der Waals surface area contributed by atoms with Crippen LogP contribution in [0, 0.1) is 17.3 Å². The number of esters is 1. The van der Waals surface area contributed by atoms with Crippen LogP contribution in [0.1, 0.15) is 92.2 Å². The van der Waals surface area contributed by atoms with Crippen LogP contribution < -0.4 is 0 Å². The van der Waals surface area contributed by atoms with Gasteiger partial charge in [0.05, 0.1) is 41.4 Å². The van der Waals surface area contributed by atoms with Gasteiger partial charge in [0.1, 0.15) is 11.9 Å². The molecule has 7 nitrogen and oxygen atoms in total. The number of ketones is 1. The lowest BCUT2D eigenvalue weighted by Crippen LogP contribution is -2.46. The maximum atomic E-state index is 13.6. The van der Waals surface area contributed by atoms with Crippen LogP contribution in [0.4, 0.5) is 0 Å². The van der Waals surface area contributed by atoms with Gasteiger partial charge in [-0.05, 0) is 62.8 Å². The number of aliphatic hydroxyl groups excluding tert-OH is 2. The zero-order valence-corrected chi connectivity index (χ0v) is 23.3. The van der Waals surface area contributed by atoms with Crippen LogP contribution in [0.2, 0.25) is 0 Å². The highest BCUT2D eigenvalue weighted by Crippen LogP contribution is 2.45. The van der Waals surface area contributed by atoms with Crippen molar-refractivity contribution in [2.45, 2.75) is 117 Å². The van der Waals surface area contributed by atoms with Gasteiger partial charge >= 0.3 is 5.97 Å². The van der Waals surface area contributed by atoms with Crippen molar-refractivity contribution in [1.82, 2.24) is 4.98 Å². The highest BCUT2D eigenvalue weighted by Gasteiger charge is 2.53. The van der Waals surface area contributed by atoms with E-state index in [1.807, 2.05) is 45.0 Å². The molecule has 37 heavy (non-hydrogen) atoms. The Balaban J connectivity index is 1.88. The van der Waals surface area contributed by atoms with Gasteiger partial charge in [-0.15, -0.1) is 0 Å². The molecule has 0 radical (unpaired) electrons. The fourth-order valence-electron chi connectivity index (χ4n) is 5.49. The standard InChI is InChI=1S/C30H45NO6/c1-7-11-22-27(34)19(2)12-10-14-30(6)25(37-30)17-23(20(3)16-21-13-8-9-15-31-21)36-26(33)18-24(32)29(4,5)28(22)35/h8-9,13,15-16,19,22-25,27,32,34H,7,10-12,14,17-18H2,1-6H3/b20-16+/t19-,22+,23-,24-,25-,27-,30+/m0/s1. The molecule has 2 aliphatic rings. The number of carbonyl (C=O) groups is 2.